The van der Waals surface area contributed by atoms with Crippen molar-refractivity contribution in [2.75, 3.05) is 12.4 Å². The van der Waals surface area contributed by atoms with Crippen LogP contribution in [0.25, 0.3) is 10.9 Å². The quantitative estimate of drug-likeness (QED) is 0.689. The first-order chi connectivity index (χ1) is 11.8. The summed E-state index contributed by atoms with van der Waals surface area (Å²) < 4.78 is 56.9. The summed E-state index contributed by atoms with van der Waals surface area (Å²) in [7, 11) is 1.35. The smallest absolute Gasteiger partial charge is 0.419 e. The average Bonchev–Trinajstić information content (AvgIpc) is 2.55. The summed E-state index contributed by atoms with van der Waals surface area (Å²) >= 11 is 0. The van der Waals surface area contributed by atoms with E-state index < -0.39 is 17.6 Å². The molecule has 0 aliphatic carbocycles. The van der Waals surface area contributed by atoms with Crippen LogP contribution in [0.3, 0.4) is 0 Å². The number of hydrogen-bond acceptors (Lipinski definition) is 5. The monoisotopic (exact) mass is 353 g/mol. The van der Waals surface area contributed by atoms with Crippen LogP contribution in [0.1, 0.15) is 5.56 Å². The van der Waals surface area contributed by atoms with Gasteiger partial charge in [0.2, 0.25) is 0 Å². The number of fused-ring (bicyclic) bond motifs is 1. The second-order valence-electron chi connectivity index (χ2n) is 5.08. The molecule has 0 fully saturated rings. The maximum Gasteiger partial charge on any atom is 0.419 e. The number of rotatable bonds is 3. The van der Waals surface area contributed by atoms with E-state index in [4.69, 9.17) is 4.74 Å². The van der Waals surface area contributed by atoms with E-state index in [1.807, 2.05) is 0 Å². The van der Waals surface area contributed by atoms with Crippen molar-refractivity contribution in [3.05, 3.63) is 48.0 Å². The van der Waals surface area contributed by atoms with E-state index in [0.717, 1.165) is 12.1 Å². The lowest BCUT2D eigenvalue weighted by Crippen LogP contribution is -2.09. The van der Waals surface area contributed by atoms with Crippen LogP contribution >= 0.6 is 0 Å². The third-order valence-electron chi connectivity index (χ3n) is 3.47. The molecule has 0 atom stereocenters. The summed E-state index contributed by atoms with van der Waals surface area (Å²) in [5, 5.41) is 12.9. The number of alkyl halides is 3. The van der Waals surface area contributed by atoms with Gasteiger partial charge in [-0.2, -0.15) is 13.2 Å². The zero-order chi connectivity index (χ0) is 18.2. The molecule has 3 rings (SSSR count). The van der Waals surface area contributed by atoms with Crippen molar-refractivity contribution < 1.29 is 27.4 Å². The van der Waals surface area contributed by atoms with Gasteiger partial charge in [-0.1, -0.05) is 0 Å². The predicted octanol–water partition coefficient (Wildman–Crippen LogP) is 4.25. The van der Waals surface area contributed by atoms with Crippen LogP contribution < -0.4 is 10.1 Å². The molecule has 0 unspecified atom stereocenters. The lowest BCUT2D eigenvalue weighted by Gasteiger charge is -2.13. The van der Waals surface area contributed by atoms with Crippen molar-refractivity contribution in [2.45, 2.75) is 6.18 Å². The van der Waals surface area contributed by atoms with E-state index in [1.165, 1.54) is 25.6 Å². The predicted molar refractivity (Wildman–Crippen MR) is 82.4 cm³/mol. The molecule has 0 aliphatic heterocycles. The summed E-state index contributed by atoms with van der Waals surface area (Å²) in [4.78, 5) is 7.97. The fraction of sp³-hybridized carbons (Fsp3) is 0.125. The summed E-state index contributed by atoms with van der Waals surface area (Å²) in [6.45, 7) is 0. The number of nitrogens with zero attached hydrogens (tertiary/aromatic N) is 2. The van der Waals surface area contributed by atoms with Crippen LogP contribution in [-0.4, -0.2) is 22.2 Å². The SMILES string of the molecule is COc1cc2c(Nc3ccc(F)c(C(F)(F)F)c3)ncnc2cc1O. The molecule has 2 aromatic carbocycles. The van der Waals surface area contributed by atoms with Gasteiger partial charge in [-0.05, 0) is 24.3 Å². The van der Waals surface area contributed by atoms with Crippen molar-refractivity contribution in [1.82, 2.24) is 9.97 Å². The summed E-state index contributed by atoms with van der Waals surface area (Å²) in [5.74, 6) is -1.17. The maximum absolute atomic E-state index is 13.4. The molecule has 0 aliphatic rings. The Kier molecular flexibility index (Phi) is 4.07. The van der Waals surface area contributed by atoms with Crippen LogP contribution in [0.2, 0.25) is 0 Å². The zero-order valence-corrected chi connectivity index (χ0v) is 12.7. The Hall–Kier alpha value is -3.10. The zero-order valence-electron chi connectivity index (χ0n) is 12.7. The Morgan fingerprint density at radius 2 is 1.88 bits per heavy atom. The molecule has 2 N–H and O–H groups in total. The highest BCUT2D eigenvalue weighted by molar-refractivity contribution is 5.92. The minimum absolute atomic E-state index is 0.000710. The van der Waals surface area contributed by atoms with Crippen LogP contribution in [0.15, 0.2) is 36.7 Å². The Bertz CT molecular complexity index is 945. The van der Waals surface area contributed by atoms with Crippen molar-refractivity contribution in [2.24, 2.45) is 0 Å². The molecular weight excluding hydrogens is 342 g/mol. The number of phenols is 1. The number of aromatic nitrogens is 2. The summed E-state index contributed by atoms with van der Waals surface area (Å²) in [5.41, 5.74) is -1.03. The molecule has 0 bridgehead atoms. The average molecular weight is 353 g/mol. The van der Waals surface area contributed by atoms with Crippen LogP contribution in [-0.2, 0) is 6.18 Å². The Morgan fingerprint density at radius 3 is 2.56 bits per heavy atom. The number of phenolic OH excluding ortho intramolecular Hbond substituents is 1. The largest absolute Gasteiger partial charge is 0.504 e. The van der Waals surface area contributed by atoms with Gasteiger partial charge in [0.15, 0.2) is 11.5 Å². The van der Waals surface area contributed by atoms with Crippen molar-refractivity contribution in [3.63, 3.8) is 0 Å². The van der Waals surface area contributed by atoms with Crippen molar-refractivity contribution in [1.29, 1.82) is 0 Å². The fourth-order valence-corrected chi connectivity index (χ4v) is 2.29. The van der Waals surface area contributed by atoms with Gasteiger partial charge < -0.3 is 15.2 Å². The second kappa shape index (κ2) is 6.08. The highest BCUT2D eigenvalue weighted by atomic mass is 19.4. The molecule has 1 heterocycles. The number of ether oxygens (including phenoxy) is 1. The van der Waals surface area contributed by atoms with Crippen LogP contribution in [0, 0.1) is 5.82 Å². The fourth-order valence-electron chi connectivity index (χ4n) is 2.29. The van der Waals surface area contributed by atoms with Crippen molar-refractivity contribution in [3.8, 4) is 11.5 Å². The molecule has 0 saturated heterocycles. The normalized spacial score (nSPS) is 11.6. The number of nitrogens with one attached hydrogen (secondary N) is 1. The Labute approximate surface area is 138 Å². The first-order valence-electron chi connectivity index (χ1n) is 6.95. The number of anilines is 2. The highest BCUT2D eigenvalue weighted by Crippen LogP contribution is 2.36. The number of aromatic hydroxyl groups is 1. The summed E-state index contributed by atoms with van der Waals surface area (Å²) in [6, 6.07) is 5.33. The molecule has 5 nitrogen and oxygen atoms in total. The second-order valence-corrected chi connectivity index (χ2v) is 5.08. The minimum atomic E-state index is -4.81. The van der Waals surface area contributed by atoms with Gasteiger partial charge >= 0.3 is 6.18 Å². The van der Waals surface area contributed by atoms with E-state index in [1.54, 1.807) is 0 Å². The minimum Gasteiger partial charge on any atom is -0.504 e. The van der Waals surface area contributed by atoms with Gasteiger partial charge in [-0.15, -0.1) is 0 Å². The molecule has 0 radical (unpaired) electrons. The van der Waals surface area contributed by atoms with E-state index in [2.05, 4.69) is 15.3 Å². The van der Waals surface area contributed by atoms with E-state index >= 15 is 0 Å². The molecule has 25 heavy (non-hydrogen) atoms. The van der Waals surface area contributed by atoms with Gasteiger partial charge in [-0.3, -0.25) is 0 Å². The van der Waals surface area contributed by atoms with E-state index in [-0.39, 0.29) is 23.0 Å². The Balaban J connectivity index is 2.07. The highest BCUT2D eigenvalue weighted by Gasteiger charge is 2.34. The number of methoxy groups -OCH3 is 1. The molecule has 1 aromatic heterocycles. The van der Waals surface area contributed by atoms with Gasteiger partial charge in [0.1, 0.15) is 18.0 Å². The number of halogens is 4. The standard InChI is InChI=1S/C16H11F4N3O2/c1-25-14-5-9-12(6-13(14)24)21-7-22-15(9)23-8-2-3-11(17)10(4-8)16(18,19)20/h2-7,24H,1H3,(H,21,22,23). The van der Waals surface area contributed by atoms with Gasteiger partial charge in [0.05, 0.1) is 18.2 Å². The summed E-state index contributed by atoms with van der Waals surface area (Å²) in [6.07, 6.45) is -3.63. The topological polar surface area (TPSA) is 67.3 Å². The molecule has 9 heteroatoms. The van der Waals surface area contributed by atoms with Crippen molar-refractivity contribution >= 4 is 22.4 Å². The van der Waals surface area contributed by atoms with Crippen LogP contribution in [0.4, 0.5) is 29.1 Å². The molecule has 0 saturated carbocycles. The van der Waals surface area contributed by atoms with E-state index in [9.17, 15) is 22.7 Å². The first-order valence-corrected chi connectivity index (χ1v) is 6.95. The lowest BCUT2D eigenvalue weighted by molar-refractivity contribution is -0.139. The number of hydrogen-bond donors (Lipinski definition) is 2. The molecule has 0 spiro atoms. The van der Waals surface area contributed by atoms with Gasteiger partial charge in [0.25, 0.3) is 0 Å². The molecule has 130 valence electrons. The van der Waals surface area contributed by atoms with Gasteiger partial charge in [-0.25, -0.2) is 14.4 Å². The van der Waals surface area contributed by atoms with Gasteiger partial charge in [0, 0.05) is 17.1 Å². The Morgan fingerprint density at radius 1 is 1.12 bits per heavy atom. The van der Waals surface area contributed by atoms with Crippen LogP contribution in [0.5, 0.6) is 11.5 Å². The first kappa shape index (κ1) is 16.7. The molecule has 0 amide bonds. The number of benzene rings is 2. The lowest BCUT2D eigenvalue weighted by atomic mass is 10.1. The maximum atomic E-state index is 13.4. The molecular formula is C16H11F4N3O2. The molecule has 3 aromatic rings. The van der Waals surface area contributed by atoms with E-state index in [0.29, 0.717) is 17.0 Å². The third-order valence-corrected chi connectivity index (χ3v) is 3.47. The third kappa shape index (κ3) is 3.25.